The fourth-order valence-corrected chi connectivity index (χ4v) is 3.49. The molecule has 0 atom stereocenters. The lowest BCUT2D eigenvalue weighted by molar-refractivity contribution is 1.31. The molecule has 0 saturated carbocycles. The molecule has 0 amide bonds. The predicted octanol–water partition coefficient (Wildman–Crippen LogP) is 6.18. The highest BCUT2D eigenvalue weighted by Gasteiger charge is 2.05. The minimum atomic E-state index is 0.950. The maximum atomic E-state index is 4.68. The van der Waals surface area contributed by atoms with Crippen LogP contribution in [-0.2, 0) is 0 Å². The smallest absolute Gasteiger partial charge is 0.0926 e. The van der Waals surface area contributed by atoms with E-state index in [4.69, 9.17) is 0 Å². The number of benzene rings is 4. The largest absolute Gasteiger partial charge is 0.245 e. The molecule has 2 aromatic heterocycles. The van der Waals surface area contributed by atoms with Gasteiger partial charge in [-0.3, -0.25) is 0 Å². The van der Waals surface area contributed by atoms with E-state index in [-0.39, 0.29) is 0 Å². The van der Waals surface area contributed by atoms with Crippen molar-refractivity contribution in [2.24, 2.45) is 0 Å². The van der Waals surface area contributed by atoms with E-state index in [0.29, 0.717) is 0 Å². The first kappa shape index (κ1) is 18.1. The molecule has 0 bridgehead atoms. The van der Waals surface area contributed by atoms with Crippen molar-refractivity contribution in [3.05, 3.63) is 96.1 Å². The molecule has 4 nitrogen and oxygen atoms in total. The summed E-state index contributed by atoms with van der Waals surface area (Å²) in [6, 6.07) is 28.0. The number of hydrogen-bond acceptors (Lipinski definition) is 4. The number of aryl methyl sites for hydroxylation is 2. The monoisotopic (exact) mass is 388 g/mol. The lowest BCUT2D eigenvalue weighted by Crippen LogP contribution is -1.91. The fraction of sp³-hybridized carbons (Fsp3) is 0.0769. The van der Waals surface area contributed by atoms with Crippen LogP contribution in [0.5, 0.6) is 0 Å². The molecule has 0 spiro atoms. The van der Waals surface area contributed by atoms with E-state index < -0.39 is 0 Å². The van der Waals surface area contributed by atoms with E-state index in [0.717, 1.165) is 44.1 Å². The number of nitrogens with zero attached hydrogens (tertiary/aromatic N) is 4. The quantitative estimate of drug-likeness (QED) is 0.291. The van der Waals surface area contributed by atoms with E-state index in [9.17, 15) is 0 Å². The van der Waals surface area contributed by atoms with Crippen LogP contribution in [0.15, 0.2) is 84.9 Å². The molecule has 0 aliphatic heterocycles. The Balaban J connectivity index is 0.000000130. The van der Waals surface area contributed by atoms with E-state index >= 15 is 0 Å². The maximum Gasteiger partial charge on any atom is 0.0926 e. The van der Waals surface area contributed by atoms with E-state index in [2.05, 4.69) is 39.8 Å². The van der Waals surface area contributed by atoms with Crippen LogP contribution in [0.25, 0.3) is 44.1 Å². The second-order valence-electron chi connectivity index (χ2n) is 7.29. The molecule has 0 aliphatic carbocycles. The molecule has 0 N–H and O–H groups in total. The van der Waals surface area contributed by atoms with Crippen LogP contribution in [0.3, 0.4) is 0 Å². The Kier molecular flexibility index (Phi) is 4.52. The molecule has 6 aromatic rings. The van der Waals surface area contributed by atoms with Crippen molar-refractivity contribution in [1.29, 1.82) is 0 Å². The van der Waals surface area contributed by atoms with E-state index in [1.807, 2.05) is 78.9 Å². The normalized spacial score (nSPS) is 11.0. The summed E-state index contributed by atoms with van der Waals surface area (Å²) in [7, 11) is 0. The molecule has 0 aliphatic rings. The lowest BCUT2D eigenvalue weighted by atomic mass is 10.1. The number of rotatable bonds is 0. The average Bonchev–Trinajstić information content (AvgIpc) is 2.79. The molecule has 6 rings (SSSR count). The highest BCUT2D eigenvalue weighted by atomic mass is 14.8. The Hall–Kier alpha value is -3.92. The van der Waals surface area contributed by atoms with Crippen molar-refractivity contribution in [1.82, 2.24) is 19.9 Å². The van der Waals surface area contributed by atoms with Crippen LogP contribution in [0, 0.1) is 13.8 Å². The van der Waals surface area contributed by atoms with Crippen LogP contribution < -0.4 is 0 Å². The molecule has 0 fully saturated rings. The third-order valence-electron chi connectivity index (χ3n) is 5.28. The molecule has 0 saturated heterocycles. The van der Waals surface area contributed by atoms with Gasteiger partial charge in [0, 0.05) is 0 Å². The molecule has 30 heavy (non-hydrogen) atoms. The molecule has 144 valence electrons. The van der Waals surface area contributed by atoms with E-state index in [1.165, 1.54) is 11.1 Å². The summed E-state index contributed by atoms with van der Waals surface area (Å²) < 4.78 is 0. The zero-order valence-corrected chi connectivity index (χ0v) is 16.9. The predicted molar refractivity (Wildman–Crippen MR) is 124 cm³/mol. The second-order valence-corrected chi connectivity index (χ2v) is 7.29. The number of hydrogen-bond donors (Lipinski definition) is 0. The van der Waals surface area contributed by atoms with Crippen LogP contribution in [0.4, 0.5) is 0 Å². The first-order valence-electron chi connectivity index (χ1n) is 9.93. The molecular weight excluding hydrogens is 368 g/mol. The van der Waals surface area contributed by atoms with Crippen molar-refractivity contribution >= 4 is 44.1 Å². The Morgan fingerprint density at radius 3 is 1.20 bits per heavy atom. The summed E-state index contributed by atoms with van der Waals surface area (Å²) >= 11 is 0. The maximum absolute atomic E-state index is 4.68. The molecule has 4 aromatic carbocycles. The first-order chi connectivity index (χ1) is 14.7. The van der Waals surface area contributed by atoms with Crippen molar-refractivity contribution in [3.63, 3.8) is 0 Å². The van der Waals surface area contributed by atoms with Gasteiger partial charge in [-0.05, 0) is 67.4 Å². The average molecular weight is 388 g/mol. The molecule has 4 heteroatoms. The van der Waals surface area contributed by atoms with Gasteiger partial charge < -0.3 is 0 Å². The number of aromatic nitrogens is 4. The summed E-state index contributed by atoms with van der Waals surface area (Å²) in [5, 5.41) is 0. The van der Waals surface area contributed by atoms with Crippen molar-refractivity contribution in [3.8, 4) is 0 Å². The van der Waals surface area contributed by atoms with Crippen molar-refractivity contribution < 1.29 is 0 Å². The minimum Gasteiger partial charge on any atom is -0.245 e. The lowest BCUT2D eigenvalue weighted by Gasteiger charge is -2.05. The van der Waals surface area contributed by atoms with Crippen LogP contribution >= 0.6 is 0 Å². The summed E-state index contributed by atoms with van der Waals surface area (Å²) in [6.07, 6.45) is 0. The van der Waals surface area contributed by atoms with Gasteiger partial charge in [0.1, 0.15) is 0 Å². The Labute approximate surface area is 174 Å². The Bertz CT molecular complexity index is 1420. The molecule has 0 unspecified atom stereocenters. The molecular formula is C26H20N4. The van der Waals surface area contributed by atoms with Gasteiger partial charge in [-0.2, -0.15) is 0 Å². The van der Waals surface area contributed by atoms with Gasteiger partial charge in [-0.25, -0.2) is 19.9 Å². The van der Waals surface area contributed by atoms with Crippen LogP contribution in [0.2, 0.25) is 0 Å². The van der Waals surface area contributed by atoms with Gasteiger partial charge in [-0.15, -0.1) is 0 Å². The zero-order chi connectivity index (χ0) is 20.5. The van der Waals surface area contributed by atoms with Gasteiger partial charge in [0.25, 0.3) is 0 Å². The van der Waals surface area contributed by atoms with Gasteiger partial charge in [-0.1, -0.05) is 42.5 Å². The van der Waals surface area contributed by atoms with E-state index in [1.54, 1.807) is 0 Å². The third kappa shape index (κ3) is 3.33. The second kappa shape index (κ2) is 7.48. The summed E-state index contributed by atoms with van der Waals surface area (Å²) in [5.41, 5.74) is 10.2. The number of fused-ring (bicyclic) bond motifs is 4. The van der Waals surface area contributed by atoms with Gasteiger partial charge in [0.2, 0.25) is 0 Å². The molecule has 0 radical (unpaired) electrons. The summed E-state index contributed by atoms with van der Waals surface area (Å²) in [4.78, 5) is 18.3. The molecule has 2 heterocycles. The minimum absolute atomic E-state index is 0.950. The standard InChI is InChI=1S/C14H12N2.C12H8N2/c1-9-7-8-13-14(10(9)2)16-12-6-4-3-5-11(12)15-13;1-2-6-10-9(5-1)13-11-7-3-4-8-12(11)14-10/h3-8H,1-2H3;1-8H. The van der Waals surface area contributed by atoms with Crippen molar-refractivity contribution in [2.75, 3.05) is 0 Å². The van der Waals surface area contributed by atoms with Gasteiger partial charge in [0.05, 0.1) is 44.1 Å². The first-order valence-corrected chi connectivity index (χ1v) is 9.93. The van der Waals surface area contributed by atoms with Crippen LogP contribution in [-0.4, -0.2) is 19.9 Å². The Morgan fingerprint density at radius 2 is 0.767 bits per heavy atom. The third-order valence-corrected chi connectivity index (χ3v) is 5.28. The topological polar surface area (TPSA) is 51.6 Å². The summed E-state index contributed by atoms with van der Waals surface area (Å²) in [6.45, 7) is 4.20. The summed E-state index contributed by atoms with van der Waals surface area (Å²) in [5.74, 6) is 0. The highest BCUT2D eigenvalue weighted by molar-refractivity contribution is 5.88. The zero-order valence-electron chi connectivity index (χ0n) is 16.9. The number of para-hydroxylation sites is 6. The van der Waals surface area contributed by atoms with Crippen molar-refractivity contribution in [2.45, 2.75) is 13.8 Å². The van der Waals surface area contributed by atoms with Crippen LogP contribution in [0.1, 0.15) is 11.1 Å². The van der Waals surface area contributed by atoms with Gasteiger partial charge in [0.15, 0.2) is 0 Å². The highest BCUT2D eigenvalue weighted by Crippen LogP contribution is 2.21. The van der Waals surface area contributed by atoms with Gasteiger partial charge >= 0.3 is 0 Å². The SMILES string of the molecule is Cc1ccc2nc3ccccc3nc2c1C.c1ccc2nc3ccccc3nc2c1. The fourth-order valence-electron chi connectivity index (χ4n) is 3.49. The Morgan fingerprint density at radius 1 is 0.400 bits per heavy atom.